The molecule has 0 aliphatic rings. The molecular formula is C21H25N2+. The highest BCUT2D eigenvalue weighted by atomic mass is 14.9. The van der Waals surface area contributed by atoms with Gasteiger partial charge in [-0.05, 0) is 54.3 Å². The fraction of sp³-hybridized carbons (Fsp3) is 0.333. The second-order valence-corrected chi connectivity index (χ2v) is 6.33. The minimum atomic E-state index is 0.650. The molecule has 0 atom stereocenters. The van der Waals surface area contributed by atoms with Gasteiger partial charge in [-0.2, -0.15) is 0 Å². The van der Waals surface area contributed by atoms with E-state index in [0.29, 0.717) is 5.92 Å². The molecule has 0 fully saturated rings. The van der Waals surface area contributed by atoms with E-state index in [9.17, 15) is 0 Å². The first-order chi connectivity index (χ1) is 11.2. The first kappa shape index (κ1) is 15.7. The zero-order valence-electron chi connectivity index (χ0n) is 14.5. The predicted molar refractivity (Wildman–Crippen MR) is 96.4 cm³/mol. The standard InChI is InChI=1S/C21H25N2/c1-5-16(6-2)17-7-8-19-18(13-17)10-12-23(4)21(19)20-14-22-11-9-15(20)3/h7-14,16H,5-6H2,1-4H3/q+1. The second-order valence-electron chi connectivity index (χ2n) is 6.33. The molecule has 0 amide bonds. The highest BCUT2D eigenvalue weighted by molar-refractivity contribution is 5.93. The molecule has 0 bridgehead atoms. The van der Waals surface area contributed by atoms with E-state index >= 15 is 0 Å². The first-order valence-electron chi connectivity index (χ1n) is 8.49. The van der Waals surface area contributed by atoms with Crippen molar-refractivity contribution in [3.8, 4) is 11.3 Å². The Morgan fingerprint density at radius 3 is 2.57 bits per heavy atom. The van der Waals surface area contributed by atoms with Gasteiger partial charge in [-0.15, -0.1) is 0 Å². The van der Waals surface area contributed by atoms with Crippen LogP contribution < -0.4 is 4.57 Å². The molecule has 0 N–H and O–H groups in total. The number of aromatic nitrogens is 2. The largest absolute Gasteiger partial charge is 0.264 e. The number of nitrogens with zero attached hydrogens (tertiary/aromatic N) is 2. The molecule has 1 aromatic carbocycles. The molecule has 0 radical (unpaired) electrons. The Morgan fingerprint density at radius 2 is 1.87 bits per heavy atom. The van der Waals surface area contributed by atoms with Crippen molar-refractivity contribution in [1.29, 1.82) is 0 Å². The van der Waals surface area contributed by atoms with Crippen LogP contribution in [0.4, 0.5) is 0 Å². The fourth-order valence-electron chi connectivity index (χ4n) is 3.45. The summed E-state index contributed by atoms with van der Waals surface area (Å²) in [6.07, 6.45) is 8.36. The van der Waals surface area contributed by atoms with Gasteiger partial charge in [0.25, 0.3) is 0 Å². The van der Waals surface area contributed by atoms with E-state index < -0.39 is 0 Å². The van der Waals surface area contributed by atoms with E-state index in [0.717, 1.165) is 0 Å². The third-order valence-corrected chi connectivity index (χ3v) is 4.91. The zero-order chi connectivity index (χ0) is 16.4. The van der Waals surface area contributed by atoms with Crippen LogP contribution in [0.5, 0.6) is 0 Å². The Kier molecular flexibility index (Phi) is 4.42. The highest BCUT2D eigenvalue weighted by Crippen LogP contribution is 2.31. The van der Waals surface area contributed by atoms with E-state index in [2.05, 4.69) is 73.9 Å². The summed E-state index contributed by atoms with van der Waals surface area (Å²) in [5, 5.41) is 2.60. The van der Waals surface area contributed by atoms with E-state index in [1.807, 2.05) is 12.4 Å². The van der Waals surface area contributed by atoms with Crippen molar-refractivity contribution >= 4 is 10.8 Å². The molecule has 3 aromatic rings. The van der Waals surface area contributed by atoms with E-state index in [1.165, 1.54) is 46.0 Å². The molecule has 2 heterocycles. The average Bonchev–Trinajstić information content (AvgIpc) is 2.57. The van der Waals surface area contributed by atoms with Crippen LogP contribution in [0.15, 0.2) is 48.9 Å². The monoisotopic (exact) mass is 305 g/mol. The Morgan fingerprint density at radius 1 is 1.09 bits per heavy atom. The third kappa shape index (κ3) is 2.86. The normalized spacial score (nSPS) is 11.3. The maximum Gasteiger partial charge on any atom is 0.221 e. The number of rotatable bonds is 4. The molecule has 118 valence electrons. The van der Waals surface area contributed by atoms with Gasteiger partial charge in [-0.1, -0.05) is 26.0 Å². The molecule has 0 saturated heterocycles. The van der Waals surface area contributed by atoms with Crippen LogP contribution in [0.25, 0.3) is 22.0 Å². The van der Waals surface area contributed by atoms with Crippen LogP contribution in [0.1, 0.15) is 43.7 Å². The van der Waals surface area contributed by atoms with Crippen LogP contribution in [-0.2, 0) is 7.05 Å². The van der Waals surface area contributed by atoms with Crippen molar-refractivity contribution in [2.45, 2.75) is 39.5 Å². The smallest absolute Gasteiger partial charge is 0.221 e. The Labute approximate surface area is 138 Å². The van der Waals surface area contributed by atoms with Crippen LogP contribution in [0.3, 0.4) is 0 Å². The SMILES string of the molecule is CCC(CC)c1ccc2c(-c3cnccc3C)[n+](C)ccc2c1. The molecule has 0 spiro atoms. The Bertz CT molecular complexity index is 832. The van der Waals surface area contributed by atoms with E-state index in [4.69, 9.17) is 0 Å². The van der Waals surface area contributed by atoms with Crippen molar-refractivity contribution in [1.82, 2.24) is 4.98 Å². The summed E-state index contributed by atoms with van der Waals surface area (Å²) in [5.74, 6) is 0.650. The van der Waals surface area contributed by atoms with Gasteiger partial charge >= 0.3 is 0 Å². The molecule has 0 saturated carbocycles. The van der Waals surface area contributed by atoms with Crippen LogP contribution in [0.2, 0.25) is 0 Å². The summed E-state index contributed by atoms with van der Waals surface area (Å²) in [4.78, 5) is 4.33. The Hall–Kier alpha value is -2.22. The maximum absolute atomic E-state index is 4.33. The van der Waals surface area contributed by atoms with Crippen LogP contribution >= 0.6 is 0 Å². The summed E-state index contributed by atoms with van der Waals surface area (Å²) in [7, 11) is 2.11. The summed E-state index contributed by atoms with van der Waals surface area (Å²) in [5.41, 5.74) is 5.15. The van der Waals surface area contributed by atoms with Crippen LogP contribution in [0, 0.1) is 6.92 Å². The summed E-state index contributed by atoms with van der Waals surface area (Å²) in [6.45, 7) is 6.69. The van der Waals surface area contributed by atoms with Gasteiger partial charge in [0.15, 0.2) is 6.20 Å². The fourth-order valence-corrected chi connectivity index (χ4v) is 3.45. The van der Waals surface area contributed by atoms with Crippen molar-refractivity contribution in [2.24, 2.45) is 7.05 Å². The second kappa shape index (κ2) is 6.49. The first-order valence-corrected chi connectivity index (χ1v) is 8.49. The van der Waals surface area contributed by atoms with Crippen molar-refractivity contribution in [2.75, 3.05) is 0 Å². The van der Waals surface area contributed by atoms with Crippen LogP contribution in [-0.4, -0.2) is 4.98 Å². The molecule has 0 aliphatic heterocycles. The number of fused-ring (bicyclic) bond motifs is 1. The lowest BCUT2D eigenvalue weighted by Gasteiger charge is -2.14. The maximum atomic E-state index is 4.33. The average molecular weight is 305 g/mol. The van der Waals surface area contributed by atoms with Gasteiger partial charge in [0.2, 0.25) is 5.69 Å². The van der Waals surface area contributed by atoms with Gasteiger partial charge in [0.1, 0.15) is 7.05 Å². The number of benzene rings is 1. The van der Waals surface area contributed by atoms with Gasteiger partial charge in [0, 0.05) is 18.5 Å². The topological polar surface area (TPSA) is 16.8 Å². The number of pyridine rings is 2. The quantitative estimate of drug-likeness (QED) is 0.624. The molecule has 3 rings (SSSR count). The summed E-state index contributed by atoms with van der Waals surface area (Å²) >= 11 is 0. The molecule has 23 heavy (non-hydrogen) atoms. The van der Waals surface area contributed by atoms with Crippen molar-refractivity contribution in [3.63, 3.8) is 0 Å². The lowest BCUT2D eigenvalue weighted by atomic mass is 9.91. The lowest BCUT2D eigenvalue weighted by molar-refractivity contribution is -0.659. The highest BCUT2D eigenvalue weighted by Gasteiger charge is 2.18. The Balaban J connectivity index is 2.23. The zero-order valence-corrected chi connectivity index (χ0v) is 14.5. The summed E-state index contributed by atoms with van der Waals surface area (Å²) in [6, 6.07) is 11.2. The van der Waals surface area contributed by atoms with E-state index in [-0.39, 0.29) is 0 Å². The molecule has 2 aromatic heterocycles. The summed E-state index contributed by atoms with van der Waals surface area (Å²) < 4.78 is 2.20. The predicted octanol–water partition coefficient (Wildman–Crippen LogP) is 4.94. The molecule has 2 heteroatoms. The number of aryl methyl sites for hydroxylation is 2. The molecular weight excluding hydrogens is 280 g/mol. The van der Waals surface area contributed by atoms with Gasteiger partial charge in [-0.3, -0.25) is 4.98 Å². The number of hydrogen-bond acceptors (Lipinski definition) is 1. The van der Waals surface area contributed by atoms with E-state index in [1.54, 1.807) is 0 Å². The van der Waals surface area contributed by atoms with Gasteiger partial charge in [0.05, 0.1) is 10.9 Å². The van der Waals surface area contributed by atoms with Crippen molar-refractivity contribution in [3.05, 3.63) is 60.0 Å². The third-order valence-electron chi connectivity index (χ3n) is 4.91. The minimum Gasteiger partial charge on any atom is -0.264 e. The minimum absolute atomic E-state index is 0.650. The number of hydrogen-bond donors (Lipinski definition) is 0. The lowest BCUT2D eigenvalue weighted by Crippen LogP contribution is -2.30. The molecule has 0 unspecified atom stereocenters. The molecule has 0 aliphatic carbocycles. The van der Waals surface area contributed by atoms with Gasteiger partial charge < -0.3 is 0 Å². The molecule has 2 nitrogen and oxygen atoms in total. The van der Waals surface area contributed by atoms with Crippen molar-refractivity contribution < 1.29 is 4.57 Å². The van der Waals surface area contributed by atoms with Gasteiger partial charge in [-0.25, -0.2) is 4.57 Å².